The Balaban J connectivity index is 1.76. The van der Waals surface area contributed by atoms with Gasteiger partial charge in [-0.1, -0.05) is 51.8 Å². The average molecular weight is 473 g/mol. The summed E-state index contributed by atoms with van der Waals surface area (Å²) in [6.45, 7) is 0.124. The molecule has 0 unspecified atom stereocenters. The number of hydrogen-bond donors (Lipinski definition) is 0. The highest BCUT2D eigenvalue weighted by Gasteiger charge is 2.34. The molecule has 1 amide bonds. The van der Waals surface area contributed by atoms with E-state index >= 15 is 0 Å². The highest BCUT2D eigenvalue weighted by atomic mass is 79.9. The minimum atomic E-state index is -3.11. The van der Waals surface area contributed by atoms with Crippen LogP contribution < -0.4 is 4.74 Å². The van der Waals surface area contributed by atoms with Crippen LogP contribution >= 0.6 is 27.5 Å². The number of carbonyl (C=O) groups excluding carboxylic acids is 1. The molecule has 1 aliphatic heterocycles. The number of nitrogens with zero attached hydrogens (tertiary/aromatic N) is 1. The van der Waals surface area contributed by atoms with Crippen molar-refractivity contribution < 1.29 is 17.9 Å². The van der Waals surface area contributed by atoms with Gasteiger partial charge in [-0.25, -0.2) is 8.42 Å². The molecule has 1 fully saturated rings. The molecule has 2 aromatic rings. The van der Waals surface area contributed by atoms with Crippen molar-refractivity contribution in [3.05, 3.63) is 63.6 Å². The highest BCUT2D eigenvalue weighted by molar-refractivity contribution is 9.10. The molecule has 0 saturated carbocycles. The van der Waals surface area contributed by atoms with Gasteiger partial charge in [0.2, 0.25) is 0 Å². The minimum Gasteiger partial charge on any atom is -0.482 e. The summed E-state index contributed by atoms with van der Waals surface area (Å²) in [5.41, 5.74) is 0.916. The summed E-state index contributed by atoms with van der Waals surface area (Å²) in [4.78, 5) is 14.5. The lowest BCUT2D eigenvalue weighted by molar-refractivity contribution is -0.136. The van der Waals surface area contributed by atoms with E-state index in [1.165, 1.54) is 0 Å². The monoisotopic (exact) mass is 471 g/mol. The van der Waals surface area contributed by atoms with Gasteiger partial charge >= 0.3 is 0 Å². The number of carbonyl (C=O) groups is 1. The Morgan fingerprint density at radius 3 is 2.67 bits per heavy atom. The number of ether oxygens (including phenoxy) is 1. The Kier molecular flexibility index (Phi) is 6.44. The van der Waals surface area contributed by atoms with Crippen molar-refractivity contribution in [2.24, 2.45) is 0 Å². The molecule has 0 aromatic heterocycles. The van der Waals surface area contributed by atoms with E-state index in [0.717, 1.165) is 10.0 Å². The van der Waals surface area contributed by atoms with Gasteiger partial charge in [-0.05, 0) is 36.2 Å². The van der Waals surface area contributed by atoms with Crippen LogP contribution in [0.5, 0.6) is 5.75 Å². The molecular formula is C19H19BrClNO4S. The summed E-state index contributed by atoms with van der Waals surface area (Å²) in [7, 11) is -3.11. The largest absolute Gasteiger partial charge is 0.482 e. The Labute approximate surface area is 172 Å². The van der Waals surface area contributed by atoms with Crippen LogP contribution in [0.1, 0.15) is 12.0 Å². The van der Waals surface area contributed by atoms with Crippen molar-refractivity contribution in [1.82, 2.24) is 4.90 Å². The second-order valence-corrected chi connectivity index (χ2v) is 9.98. The van der Waals surface area contributed by atoms with E-state index in [-0.39, 0.29) is 30.1 Å². The molecule has 8 heteroatoms. The zero-order valence-electron chi connectivity index (χ0n) is 14.5. The lowest BCUT2D eigenvalue weighted by atomic mass is 10.1. The molecule has 0 N–H and O–H groups in total. The van der Waals surface area contributed by atoms with Gasteiger partial charge in [-0.2, -0.15) is 0 Å². The van der Waals surface area contributed by atoms with E-state index in [1.54, 1.807) is 29.2 Å². The maximum atomic E-state index is 12.9. The standard InChI is InChI=1S/C19H19BrClNO4S/c20-15-5-3-4-14(10-15)11-22(16-8-9-27(24,25)13-16)19(23)12-26-18-7-2-1-6-17(18)21/h1-7,10,16H,8-9,11-13H2/t16-/m0/s1. The number of rotatable bonds is 6. The summed E-state index contributed by atoms with van der Waals surface area (Å²) in [6, 6.07) is 14.2. The van der Waals surface area contributed by atoms with E-state index in [9.17, 15) is 13.2 Å². The Hall–Kier alpha value is -1.57. The zero-order chi connectivity index (χ0) is 19.4. The third-order valence-corrected chi connectivity index (χ3v) is 6.96. The topological polar surface area (TPSA) is 63.7 Å². The lowest BCUT2D eigenvalue weighted by Gasteiger charge is -2.28. The van der Waals surface area contributed by atoms with Gasteiger partial charge in [0.25, 0.3) is 5.91 Å². The number of sulfone groups is 1. The van der Waals surface area contributed by atoms with Crippen molar-refractivity contribution in [1.29, 1.82) is 0 Å². The number of amides is 1. The molecule has 3 rings (SSSR count). The molecule has 0 radical (unpaired) electrons. The van der Waals surface area contributed by atoms with Crippen molar-refractivity contribution in [3.8, 4) is 5.75 Å². The average Bonchev–Trinajstić information content (AvgIpc) is 2.98. The van der Waals surface area contributed by atoms with Gasteiger partial charge in [-0.3, -0.25) is 4.79 Å². The third kappa shape index (κ3) is 5.46. The van der Waals surface area contributed by atoms with Crippen molar-refractivity contribution in [3.63, 3.8) is 0 Å². The summed E-state index contributed by atoms with van der Waals surface area (Å²) in [5, 5.41) is 0.423. The van der Waals surface area contributed by atoms with Gasteiger partial charge in [0.15, 0.2) is 16.4 Å². The molecule has 1 heterocycles. The summed E-state index contributed by atoms with van der Waals surface area (Å²) in [5.74, 6) is 0.246. The number of para-hydroxylation sites is 1. The predicted octanol–water partition coefficient (Wildman–Crippen LogP) is 3.70. The van der Waals surface area contributed by atoms with Crippen LogP contribution in [-0.2, 0) is 21.2 Å². The fraction of sp³-hybridized carbons (Fsp3) is 0.316. The van der Waals surface area contributed by atoms with Crippen LogP contribution in [0.15, 0.2) is 53.0 Å². The molecule has 1 atom stereocenters. The molecule has 0 bridgehead atoms. The maximum absolute atomic E-state index is 12.9. The van der Waals surface area contributed by atoms with Crippen LogP contribution in [0.2, 0.25) is 5.02 Å². The first kappa shape index (κ1) is 20.2. The molecule has 0 aliphatic carbocycles. The summed E-state index contributed by atoms with van der Waals surface area (Å²) >= 11 is 9.49. The van der Waals surface area contributed by atoms with Gasteiger partial charge in [0.1, 0.15) is 5.75 Å². The van der Waals surface area contributed by atoms with E-state index in [0.29, 0.717) is 23.7 Å². The fourth-order valence-corrected chi connectivity index (χ4v) is 5.43. The SMILES string of the molecule is O=C(COc1ccccc1Cl)N(Cc1cccc(Br)c1)[C@H]1CCS(=O)(=O)C1. The second kappa shape index (κ2) is 8.63. The normalized spacial score (nSPS) is 18.2. The molecule has 27 heavy (non-hydrogen) atoms. The molecular weight excluding hydrogens is 454 g/mol. The molecule has 1 saturated heterocycles. The summed E-state index contributed by atoms with van der Waals surface area (Å²) < 4.78 is 30.3. The maximum Gasteiger partial charge on any atom is 0.261 e. The third-order valence-electron chi connectivity index (χ3n) is 4.40. The lowest BCUT2D eigenvalue weighted by Crippen LogP contribution is -2.43. The van der Waals surface area contributed by atoms with Crippen molar-refractivity contribution in [2.75, 3.05) is 18.1 Å². The Morgan fingerprint density at radius 2 is 2.00 bits per heavy atom. The van der Waals surface area contributed by atoms with Crippen LogP contribution in [0.4, 0.5) is 0 Å². The Bertz CT molecular complexity index is 935. The first-order chi connectivity index (χ1) is 12.8. The van der Waals surface area contributed by atoms with Crippen molar-refractivity contribution >= 4 is 43.3 Å². The molecule has 144 valence electrons. The molecule has 1 aliphatic rings. The Morgan fingerprint density at radius 1 is 1.22 bits per heavy atom. The second-order valence-electron chi connectivity index (χ2n) is 6.43. The van der Waals surface area contributed by atoms with Gasteiger partial charge < -0.3 is 9.64 Å². The van der Waals surface area contributed by atoms with Crippen LogP contribution in [0, 0.1) is 0 Å². The minimum absolute atomic E-state index is 0.0150. The predicted molar refractivity (Wildman–Crippen MR) is 109 cm³/mol. The van der Waals surface area contributed by atoms with E-state index < -0.39 is 9.84 Å². The quantitative estimate of drug-likeness (QED) is 0.643. The van der Waals surface area contributed by atoms with Crippen LogP contribution in [0.25, 0.3) is 0 Å². The van der Waals surface area contributed by atoms with Crippen LogP contribution in [0.3, 0.4) is 0 Å². The number of halogens is 2. The van der Waals surface area contributed by atoms with Crippen molar-refractivity contribution in [2.45, 2.75) is 19.0 Å². The van der Waals surface area contributed by atoms with E-state index in [4.69, 9.17) is 16.3 Å². The molecule has 0 spiro atoms. The molecule has 5 nitrogen and oxygen atoms in total. The van der Waals surface area contributed by atoms with Gasteiger partial charge in [0.05, 0.1) is 16.5 Å². The highest BCUT2D eigenvalue weighted by Crippen LogP contribution is 2.25. The van der Waals surface area contributed by atoms with E-state index in [1.807, 2.05) is 24.3 Å². The first-order valence-corrected chi connectivity index (χ1v) is 11.4. The molecule has 2 aromatic carbocycles. The van der Waals surface area contributed by atoms with E-state index in [2.05, 4.69) is 15.9 Å². The number of benzene rings is 2. The first-order valence-electron chi connectivity index (χ1n) is 8.46. The smallest absolute Gasteiger partial charge is 0.261 e. The van der Waals surface area contributed by atoms with Gasteiger partial charge in [-0.15, -0.1) is 0 Å². The zero-order valence-corrected chi connectivity index (χ0v) is 17.6. The van der Waals surface area contributed by atoms with Gasteiger partial charge in [0, 0.05) is 17.1 Å². The fourth-order valence-electron chi connectivity index (χ4n) is 3.06. The van der Waals surface area contributed by atoms with Crippen LogP contribution in [-0.4, -0.2) is 43.4 Å². The summed E-state index contributed by atoms with van der Waals surface area (Å²) in [6.07, 6.45) is 0.439. The number of hydrogen-bond acceptors (Lipinski definition) is 4.